The zero-order valence-corrected chi connectivity index (χ0v) is 15.0. The van der Waals surface area contributed by atoms with Crippen molar-refractivity contribution in [2.75, 3.05) is 35.1 Å². The van der Waals surface area contributed by atoms with Crippen molar-refractivity contribution in [3.8, 4) is 0 Å². The van der Waals surface area contributed by atoms with E-state index in [2.05, 4.69) is 10.6 Å². The highest BCUT2D eigenvalue weighted by atomic mass is 35.5. The topological polar surface area (TPSA) is 87.7 Å². The van der Waals surface area contributed by atoms with Gasteiger partial charge in [-0.15, -0.1) is 12.4 Å². The molecule has 0 saturated carbocycles. The van der Waals surface area contributed by atoms with Crippen molar-refractivity contribution in [3.63, 3.8) is 0 Å². The molecule has 0 spiro atoms. The average molecular weight is 376 g/mol. The average Bonchev–Trinajstić information content (AvgIpc) is 2.87. The van der Waals surface area contributed by atoms with Crippen LogP contribution in [0.1, 0.15) is 13.3 Å². The Kier molecular flexibility index (Phi) is 6.08. The minimum Gasteiger partial charge on any atom is -0.375 e. The normalized spacial score (nSPS) is 25.8. The molecule has 2 aliphatic heterocycles. The molecule has 1 aromatic rings. The molecule has 2 fully saturated rings. The Morgan fingerprint density at radius 3 is 2.88 bits per heavy atom. The number of sulfonamides is 1. The van der Waals surface area contributed by atoms with Crippen LogP contribution in [0.2, 0.25) is 0 Å². The number of nitrogens with one attached hydrogen (secondary N) is 2. The van der Waals surface area contributed by atoms with Crippen LogP contribution < -0.4 is 14.9 Å². The van der Waals surface area contributed by atoms with Crippen LogP contribution in [0.5, 0.6) is 0 Å². The van der Waals surface area contributed by atoms with Gasteiger partial charge < -0.3 is 15.4 Å². The number of rotatable bonds is 3. The maximum atomic E-state index is 12.4. The second-order valence-electron chi connectivity index (χ2n) is 5.79. The van der Waals surface area contributed by atoms with Crippen molar-refractivity contribution in [3.05, 3.63) is 24.3 Å². The van der Waals surface area contributed by atoms with Gasteiger partial charge >= 0.3 is 0 Å². The van der Waals surface area contributed by atoms with Gasteiger partial charge in [-0.3, -0.25) is 9.10 Å². The Hall–Kier alpha value is -1.35. The first-order valence-electron chi connectivity index (χ1n) is 7.74. The fourth-order valence-corrected chi connectivity index (χ4v) is 4.47. The summed E-state index contributed by atoms with van der Waals surface area (Å²) in [5.41, 5.74) is 1.16. The first-order valence-corrected chi connectivity index (χ1v) is 9.35. The van der Waals surface area contributed by atoms with Crippen molar-refractivity contribution < 1.29 is 17.9 Å². The zero-order chi connectivity index (χ0) is 16.4. The standard InChI is InChI=1S/C15H21N3O4S.ClH/c1-11-14(16-6-8-22-11)15(19)17-12-4-2-5-13(10-12)18-7-3-9-23(18,20)21;/h2,4-5,10-11,14,16H,3,6-9H2,1H3,(H,17,19);1H/t11-,14+;/m1./s1. The van der Waals surface area contributed by atoms with Crippen LogP contribution in [-0.4, -0.2) is 51.9 Å². The molecule has 2 saturated heterocycles. The summed E-state index contributed by atoms with van der Waals surface area (Å²) in [6, 6.07) is 6.51. The number of morpholine rings is 1. The fraction of sp³-hybridized carbons (Fsp3) is 0.533. The molecule has 0 unspecified atom stereocenters. The van der Waals surface area contributed by atoms with Crippen LogP contribution in [-0.2, 0) is 19.6 Å². The smallest absolute Gasteiger partial charge is 0.244 e. The molecule has 1 amide bonds. The maximum absolute atomic E-state index is 12.4. The fourth-order valence-electron chi connectivity index (χ4n) is 2.92. The molecule has 0 bridgehead atoms. The molecule has 2 heterocycles. The highest BCUT2D eigenvalue weighted by Gasteiger charge is 2.30. The summed E-state index contributed by atoms with van der Waals surface area (Å²) in [5.74, 6) is -0.0108. The van der Waals surface area contributed by atoms with E-state index in [1.807, 2.05) is 6.92 Å². The number of hydrogen-bond acceptors (Lipinski definition) is 5. The number of nitrogens with zero attached hydrogens (tertiary/aromatic N) is 1. The molecule has 9 heteroatoms. The quantitative estimate of drug-likeness (QED) is 0.821. The van der Waals surface area contributed by atoms with Crippen molar-refractivity contribution in [2.45, 2.75) is 25.5 Å². The highest BCUT2D eigenvalue weighted by Crippen LogP contribution is 2.26. The Morgan fingerprint density at radius 2 is 2.21 bits per heavy atom. The van der Waals surface area contributed by atoms with Crippen LogP contribution in [0.3, 0.4) is 0 Å². The second-order valence-corrected chi connectivity index (χ2v) is 7.80. The Balaban J connectivity index is 0.00000208. The first-order chi connectivity index (χ1) is 11.0. The predicted octanol–water partition coefficient (Wildman–Crippen LogP) is 0.964. The van der Waals surface area contributed by atoms with E-state index in [-0.39, 0.29) is 30.2 Å². The van der Waals surface area contributed by atoms with Gasteiger partial charge in [-0.05, 0) is 31.5 Å². The third kappa shape index (κ3) is 4.00. The van der Waals surface area contributed by atoms with Gasteiger partial charge in [0, 0.05) is 18.8 Å². The van der Waals surface area contributed by atoms with E-state index in [1.165, 1.54) is 4.31 Å². The molecule has 1 aromatic carbocycles. The Morgan fingerprint density at radius 1 is 1.42 bits per heavy atom. The van der Waals surface area contributed by atoms with Gasteiger partial charge in [0.2, 0.25) is 15.9 Å². The van der Waals surface area contributed by atoms with Crippen LogP contribution in [0.25, 0.3) is 0 Å². The Bertz CT molecular complexity index is 698. The lowest BCUT2D eigenvalue weighted by molar-refractivity contribution is -0.123. The van der Waals surface area contributed by atoms with Crippen LogP contribution in [0.15, 0.2) is 24.3 Å². The molecule has 7 nitrogen and oxygen atoms in total. The van der Waals surface area contributed by atoms with E-state index >= 15 is 0 Å². The zero-order valence-electron chi connectivity index (χ0n) is 13.4. The third-order valence-corrected chi connectivity index (χ3v) is 5.97. The van der Waals surface area contributed by atoms with Crippen molar-refractivity contribution >= 4 is 39.7 Å². The van der Waals surface area contributed by atoms with E-state index in [1.54, 1.807) is 24.3 Å². The summed E-state index contributed by atoms with van der Waals surface area (Å²) >= 11 is 0. The minimum atomic E-state index is -3.23. The molecule has 2 N–H and O–H groups in total. The molecular formula is C15H22ClN3O4S. The van der Waals surface area contributed by atoms with Gasteiger partial charge in [0.25, 0.3) is 0 Å². The number of halogens is 1. The van der Waals surface area contributed by atoms with E-state index in [4.69, 9.17) is 4.74 Å². The molecular weight excluding hydrogens is 354 g/mol. The molecule has 134 valence electrons. The van der Waals surface area contributed by atoms with Crippen LogP contribution in [0.4, 0.5) is 11.4 Å². The lowest BCUT2D eigenvalue weighted by Gasteiger charge is -2.29. The van der Waals surface area contributed by atoms with Gasteiger partial charge in [0.1, 0.15) is 6.04 Å². The lowest BCUT2D eigenvalue weighted by atomic mass is 10.1. The number of carbonyl (C=O) groups excluding carboxylic acids is 1. The number of anilines is 2. The van der Waals surface area contributed by atoms with Gasteiger partial charge in [0.05, 0.1) is 24.2 Å². The summed E-state index contributed by atoms with van der Waals surface area (Å²) in [4.78, 5) is 12.4. The van der Waals surface area contributed by atoms with E-state index in [0.29, 0.717) is 37.5 Å². The van der Waals surface area contributed by atoms with Gasteiger partial charge in [-0.25, -0.2) is 8.42 Å². The van der Waals surface area contributed by atoms with Gasteiger partial charge in [-0.1, -0.05) is 6.07 Å². The number of hydrogen-bond donors (Lipinski definition) is 2. The SMILES string of the molecule is C[C@H]1OCCN[C@@H]1C(=O)Nc1cccc(N2CCCS2(=O)=O)c1.Cl. The second kappa shape index (κ2) is 7.69. The molecule has 3 rings (SSSR count). The molecule has 0 aromatic heterocycles. The summed E-state index contributed by atoms with van der Waals surface area (Å²) in [5, 5.41) is 5.96. The molecule has 2 aliphatic rings. The van der Waals surface area contributed by atoms with E-state index in [0.717, 1.165) is 0 Å². The van der Waals surface area contributed by atoms with Gasteiger partial charge in [-0.2, -0.15) is 0 Å². The first kappa shape index (κ1) is 19.0. The largest absolute Gasteiger partial charge is 0.375 e. The monoisotopic (exact) mass is 375 g/mol. The van der Waals surface area contributed by atoms with Crippen molar-refractivity contribution in [1.82, 2.24) is 5.32 Å². The molecule has 2 atom stereocenters. The predicted molar refractivity (Wildman–Crippen MR) is 95.3 cm³/mol. The minimum absolute atomic E-state index is 0. The number of benzene rings is 1. The molecule has 24 heavy (non-hydrogen) atoms. The summed E-state index contributed by atoms with van der Waals surface area (Å²) in [7, 11) is -3.23. The van der Waals surface area contributed by atoms with E-state index in [9.17, 15) is 13.2 Å². The van der Waals surface area contributed by atoms with Crippen LogP contribution in [0, 0.1) is 0 Å². The van der Waals surface area contributed by atoms with Gasteiger partial charge in [0.15, 0.2) is 0 Å². The van der Waals surface area contributed by atoms with E-state index < -0.39 is 16.1 Å². The summed E-state index contributed by atoms with van der Waals surface area (Å²) in [6.45, 7) is 3.56. The highest BCUT2D eigenvalue weighted by molar-refractivity contribution is 7.93. The molecule has 0 aliphatic carbocycles. The van der Waals surface area contributed by atoms with Crippen molar-refractivity contribution in [2.24, 2.45) is 0 Å². The maximum Gasteiger partial charge on any atom is 0.244 e. The number of amides is 1. The summed E-state index contributed by atoms with van der Waals surface area (Å²) < 4.78 is 30.9. The number of carbonyl (C=O) groups is 1. The third-order valence-electron chi connectivity index (χ3n) is 4.10. The summed E-state index contributed by atoms with van der Waals surface area (Å²) in [6.07, 6.45) is 0.422. The van der Waals surface area contributed by atoms with Crippen LogP contribution >= 0.6 is 12.4 Å². The number of ether oxygens (including phenoxy) is 1. The molecule has 0 radical (unpaired) electrons. The van der Waals surface area contributed by atoms with Crippen molar-refractivity contribution in [1.29, 1.82) is 0 Å². The Labute approximate surface area is 148 Å². The lowest BCUT2D eigenvalue weighted by Crippen LogP contribution is -2.53.